The van der Waals surface area contributed by atoms with Crippen LogP contribution in [-0.4, -0.2) is 12.6 Å². The van der Waals surface area contributed by atoms with Gasteiger partial charge in [-0.3, -0.25) is 0 Å². The minimum atomic E-state index is 0.471. The molecule has 0 heterocycles. The van der Waals surface area contributed by atoms with Crippen molar-refractivity contribution in [3.8, 4) is 6.07 Å². The highest BCUT2D eigenvalue weighted by molar-refractivity contribution is 5.60. The lowest BCUT2D eigenvalue weighted by molar-refractivity contribution is 0.593. The van der Waals surface area contributed by atoms with E-state index in [2.05, 4.69) is 45.2 Å². The van der Waals surface area contributed by atoms with Gasteiger partial charge in [0.25, 0.3) is 0 Å². The first kappa shape index (κ1) is 14.5. The summed E-state index contributed by atoms with van der Waals surface area (Å²) in [6.07, 6.45) is 2.14. The van der Waals surface area contributed by atoms with E-state index >= 15 is 0 Å². The van der Waals surface area contributed by atoms with Gasteiger partial charge < -0.3 is 5.32 Å². The third kappa shape index (κ3) is 4.35. The Hall–Kier alpha value is -1.59. The molecule has 0 saturated heterocycles. The van der Waals surface area contributed by atoms with E-state index in [1.54, 1.807) is 0 Å². The maximum Gasteiger partial charge on any atom is 0.0997 e. The molecule has 0 aliphatic heterocycles. The molecule has 96 valence electrons. The molecule has 1 aromatic rings. The fourth-order valence-corrected chi connectivity index (χ4v) is 1.67. The van der Waals surface area contributed by atoms with Crippen LogP contribution in [-0.2, 0) is 0 Å². The zero-order valence-electron chi connectivity index (χ0n) is 11.7. The van der Waals surface area contributed by atoms with E-state index in [0.717, 1.165) is 17.7 Å². The van der Waals surface area contributed by atoms with Crippen LogP contribution in [0, 0.1) is 17.2 Å². The maximum absolute atomic E-state index is 9.09. The summed E-state index contributed by atoms with van der Waals surface area (Å²) in [5.74, 6) is 0.475. The predicted molar refractivity (Wildman–Crippen MR) is 77.1 cm³/mol. The molecule has 2 heteroatoms. The fraction of sp³-hybridized carbons (Fsp3) is 0.438. The summed E-state index contributed by atoms with van der Waals surface area (Å²) in [4.78, 5) is 0. The summed E-state index contributed by atoms with van der Waals surface area (Å²) in [5, 5.41) is 12.5. The molecular formula is C16H22N2. The van der Waals surface area contributed by atoms with Crippen LogP contribution < -0.4 is 5.32 Å². The highest BCUT2D eigenvalue weighted by atomic mass is 14.9. The van der Waals surface area contributed by atoms with Crippen LogP contribution in [0.3, 0.4) is 0 Å². The van der Waals surface area contributed by atoms with E-state index in [-0.39, 0.29) is 0 Å². The van der Waals surface area contributed by atoms with E-state index in [1.165, 1.54) is 5.57 Å². The summed E-state index contributed by atoms with van der Waals surface area (Å²) in [7, 11) is 0. The van der Waals surface area contributed by atoms with Crippen molar-refractivity contribution in [2.75, 3.05) is 6.54 Å². The summed E-state index contributed by atoms with van der Waals surface area (Å²) in [6, 6.07) is 10.4. The molecule has 0 aliphatic carbocycles. The molecule has 0 aromatic heterocycles. The normalized spacial score (nSPS) is 11.9. The Morgan fingerprint density at radius 2 is 1.94 bits per heavy atom. The van der Waals surface area contributed by atoms with Crippen molar-refractivity contribution in [3.05, 3.63) is 41.0 Å². The van der Waals surface area contributed by atoms with Crippen molar-refractivity contribution in [2.45, 2.75) is 33.7 Å². The number of nitrogens with zero attached hydrogens (tertiary/aromatic N) is 1. The number of hydrogen-bond donors (Lipinski definition) is 1. The van der Waals surface area contributed by atoms with Gasteiger partial charge in [0.15, 0.2) is 0 Å². The molecule has 0 amide bonds. The van der Waals surface area contributed by atoms with E-state index in [1.807, 2.05) is 24.3 Å². The Bertz CT molecular complexity index is 450. The predicted octanol–water partition coefficient (Wildman–Crippen LogP) is 3.60. The van der Waals surface area contributed by atoms with Gasteiger partial charge in [-0.05, 0) is 17.5 Å². The number of benzene rings is 1. The lowest BCUT2D eigenvalue weighted by Gasteiger charge is -2.15. The lowest BCUT2D eigenvalue weighted by Crippen LogP contribution is -2.26. The number of hydrogen-bond acceptors (Lipinski definition) is 2. The zero-order valence-corrected chi connectivity index (χ0v) is 11.7. The molecule has 1 rings (SSSR count). The maximum atomic E-state index is 9.09. The zero-order chi connectivity index (χ0) is 13.5. The van der Waals surface area contributed by atoms with Crippen LogP contribution in [0.5, 0.6) is 0 Å². The van der Waals surface area contributed by atoms with Gasteiger partial charge in [0, 0.05) is 12.6 Å². The molecule has 2 nitrogen and oxygen atoms in total. The van der Waals surface area contributed by atoms with Crippen LogP contribution in [0.1, 0.15) is 38.8 Å². The van der Waals surface area contributed by atoms with E-state index in [0.29, 0.717) is 12.0 Å². The van der Waals surface area contributed by atoms with Crippen LogP contribution in [0.4, 0.5) is 0 Å². The second kappa shape index (κ2) is 6.98. The van der Waals surface area contributed by atoms with Gasteiger partial charge in [0.1, 0.15) is 0 Å². The van der Waals surface area contributed by atoms with E-state index < -0.39 is 0 Å². The van der Waals surface area contributed by atoms with E-state index in [4.69, 9.17) is 5.26 Å². The summed E-state index contributed by atoms with van der Waals surface area (Å²) in [5.41, 5.74) is 3.07. The first-order valence-corrected chi connectivity index (χ1v) is 6.47. The Kier molecular flexibility index (Phi) is 5.61. The van der Waals surface area contributed by atoms with Crippen molar-refractivity contribution in [3.63, 3.8) is 0 Å². The Labute approximate surface area is 110 Å². The van der Waals surface area contributed by atoms with Crippen molar-refractivity contribution >= 4 is 6.08 Å². The van der Waals surface area contributed by atoms with Gasteiger partial charge in [-0.15, -0.1) is 0 Å². The smallest absolute Gasteiger partial charge is 0.0997 e. The average Bonchev–Trinajstić information content (AvgIpc) is 2.34. The molecule has 1 N–H and O–H groups in total. The molecule has 0 bridgehead atoms. The second-order valence-electron chi connectivity index (χ2n) is 5.11. The van der Waals surface area contributed by atoms with Crippen molar-refractivity contribution < 1.29 is 0 Å². The fourth-order valence-electron chi connectivity index (χ4n) is 1.67. The molecule has 0 saturated carbocycles. The molecular weight excluding hydrogens is 220 g/mol. The molecule has 0 fully saturated rings. The minimum Gasteiger partial charge on any atom is -0.311 e. The van der Waals surface area contributed by atoms with Crippen molar-refractivity contribution in [1.82, 2.24) is 5.32 Å². The molecule has 18 heavy (non-hydrogen) atoms. The Morgan fingerprint density at radius 1 is 1.28 bits per heavy atom. The standard InChI is InChI=1S/C16H22N2/c1-12(2)16(11-18-13(3)4)9-14-7-5-6-8-15(14)10-17/h5-9,12-13,18H,11H2,1-4H3/b16-9-. The SMILES string of the molecule is CC(C)NC/C(=C/c1ccccc1C#N)C(C)C. The van der Waals surface area contributed by atoms with Crippen molar-refractivity contribution in [2.24, 2.45) is 5.92 Å². The number of nitrogens with one attached hydrogen (secondary N) is 1. The highest BCUT2D eigenvalue weighted by Gasteiger charge is 2.06. The average molecular weight is 242 g/mol. The molecule has 0 atom stereocenters. The monoisotopic (exact) mass is 242 g/mol. The second-order valence-corrected chi connectivity index (χ2v) is 5.11. The van der Waals surface area contributed by atoms with Crippen LogP contribution in [0.2, 0.25) is 0 Å². The first-order chi connectivity index (χ1) is 8.54. The molecule has 0 spiro atoms. The summed E-state index contributed by atoms with van der Waals surface area (Å²) >= 11 is 0. The number of nitriles is 1. The van der Waals surface area contributed by atoms with Gasteiger partial charge in [-0.2, -0.15) is 5.26 Å². The quantitative estimate of drug-likeness (QED) is 0.856. The molecule has 1 aromatic carbocycles. The van der Waals surface area contributed by atoms with Gasteiger partial charge >= 0.3 is 0 Å². The summed E-state index contributed by atoms with van der Waals surface area (Å²) < 4.78 is 0. The lowest BCUT2D eigenvalue weighted by atomic mass is 9.98. The first-order valence-electron chi connectivity index (χ1n) is 6.47. The van der Waals surface area contributed by atoms with Crippen LogP contribution >= 0.6 is 0 Å². The number of rotatable bonds is 5. The van der Waals surface area contributed by atoms with E-state index in [9.17, 15) is 0 Å². The van der Waals surface area contributed by atoms with Crippen LogP contribution in [0.25, 0.3) is 6.08 Å². The van der Waals surface area contributed by atoms with Gasteiger partial charge in [0.05, 0.1) is 11.6 Å². The molecule has 0 radical (unpaired) electrons. The minimum absolute atomic E-state index is 0.471. The largest absolute Gasteiger partial charge is 0.311 e. The molecule has 0 aliphatic rings. The Balaban J connectivity index is 2.98. The molecule has 0 unspecified atom stereocenters. The third-order valence-corrected chi connectivity index (χ3v) is 2.88. The summed E-state index contributed by atoms with van der Waals surface area (Å²) in [6.45, 7) is 9.52. The van der Waals surface area contributed by atoms with Gasteiger partial charge in [-0.1, -0.05) is 57.5 Å². The van der Waals surface area contributed by atoms with Gasteiger partial charge in [0.2, 0.25) is 0 Å². The topological polar surface area (TPSA) is 35.8 Å². The van der Waals surface area contributed by atoms with Crippen molar-refractivity contribution in [1.29, 1.82) is 5.26 Å². The Morgan fingerprint density at radius 3 is 2.50 bits per heavy atom. The van der Waals surface area contributed by atoms with Crippen LogP contribution in [0.15, 0.2) is 29.8 Å². The van der Waals surface area contributed by atoms with Gasteiger partial charge in [-0.25, -0.2) is 0 Å². The third-order valence-electron chi connectivity index (χ3n) is 2.88. The highest BCUT2D eigenvalue weighted by Crippen LogP contribution is 2.17.